The molecule has 0 aliphatic carbocycles. The summed E-state index contributed by atoms with van der Waals surface area (Å²) in [5, 5.41) is 0.934. The van der Waals surface area contributed by atoms with Gasteiger partial charge in [0.2, 0.25) is 0 Å². The molecule has 1 heterocycles. The van der Waals surface area contributed by atoms with Crippen LogP contribution in [-0.2, 0) is 10.1 Å². The van der Waals surface area contributed by atoms with Crippen LogP contribution < -0.4 is 4.90 Å². The molecule has 0 aromatic heterocycles. The molecule has 17 heavy (non-hydrogen) atoms. The number of hydrogen-bond acceptors (Lipinski definition) is 2. The van der Waals surface area contributed by atoms with E-state index in [2.05, 4.69) is 45.1 Å². The van der Waals surface area contributed by atoms with Crippen LogP contribution in [0.1, 0.15) is 18.4 Å². The van der Waals surface area contributed by atoms with Gasteiger partial charge >= 0.3 is 0 Å². The van der Waals surface area contributed by atoms with Crippen molar-refractivity contribution in [2.45, 2.75) is 18.2 Å². The molecule has 0 radical (unpaired) electrons. The second-order valence-corrected chi connectivity index (χ2v) is 5.25. The third kappa shape index (κ3) is 3.46. The van der Waals surface area contributed by atoms with Gasteiger partial charge in [0.1, 0.15) is 0 Å². The van der Waals surface area contributed by atoms with Crippen LogP contribution in [0.3, 0.4) is 0 Å². The number of anilines is 1. The molecule has 1 fully saturated rings. The summed E-state index contributed by atoms with van der Waals surface area (Å²) in [5.74, 6) is 0.748. The predicted molar refractivity (Wildman–Crippen MR) is 75.9 cm³/mol. The molecule has 3 heteroatoms. The van der Waals surface area contributed by atoms with Crippen molar-refractivity contribution in [3.8, 4) is 0 Å². The average Bonchev–Trinajstić information content (AvgIpc) is 2.40. The van der Waals surface area contributed by atoms with E-state index in [-0.39, 0.29) is 0 Å². The molecule has 0 bridgehead atoms. The molecular weight excluding hydrogens is 278 g/mol. The first-order valence-corrected chi connectivity index (χ1v) is 7.34. The zero-order chi connectivity index (χ0) is 12.1. The van der Waals surface area contributed by atoms with Crippen molar-refractivity contribution in [1.82, 2.24) is 0 Å². The van der Waals surface area contributed by atoms with Crippen molar-refractivity contribution in [3.05, 3.63) is 29.8 Å². The van der Waals surface area contributed by atoms with E-state index in [1.807, 2.05) is 0 Å². The predicted octanol–water partition coefficient (Wildman–Crippen LogP) is 3.44. The van der Waals surface area contributed by atoms with Gasteiger partial charge in [-0.15, -0.1) is 0 Å². The van der Waals surface area contributed by atoms with E-state index >= 15 is 0 Å². The van der Waals surface area contributed by atoms with Crippen LogP contribution in [0.5, 0.6) is 0 Å². The van der Waals surface area contributed by atoms with Gasteiger partial charge in [0, 0.05) is 37.8 Å². The van der Waals surface area contributed by atoms with Gasteiger partial charge in [0.05, 0.1) is 0 Å². The second kappa shape index (κ2) is 6.41. The first kappa shape index (κ1) is 12.9. The molecule has 1 aromatic carbocycles. The molecule has 94 valence electrons. The quantitative estimate of drug-likeness (QED) is 0.790. The summed E-state index contributed by atoms with van der Waals surface area (Å²) in [4.78, 5) is 2.48. The fraction of sp³-hybridized carbons (Fsp3) is 0.571. The van der Waals surface area contributed by atoms with E-state index in [1.165, 1.54) is 24.1 Å². The van der Waals surface area contributed by atoms with Gasteiger partial charge in [-0.3, -0.25) is 0 Å². The highest BCUT2D eigenvalue weighted by Crippen LogP contribution is 2.24. The van der Waals surface area contributed by atoms with E-state index in [4.69, 9.17) is 4.74 Å². The summed E-state index contributed by atoms with van der Waals surface area (Å²) in [6.07, 6.45) is 2.49. The van der Waals surface area contributed by atoms with Gasteiger partial charge < -0.3 is 9.64 Å². The summed E-state index contributed by atoms with van der Waals surface area (Å²) in [5.41, 5.74) is 2.69. The standard InChI is InChI=1S/C14H20BrNO/c1-17-11-13-6-8-16(9-7-13)14-4-2-12(10-15)3-5-14/h2-5,13H,6-11H2,1H3. The van der Waals surface area contributed by atoms with E-state index in [9.17, 15) is 0 Å². The van der Waals surface area contributed by atoms with Crippen LogP contribution in [0.25, 0.3) is 0 Å². The number of methoxy groups -OCH3 is 1. The molecule has 0 spiro atoms. The van der Waals surface area contributed by atoms with Crippen LogP contribution in [0.15, 0.2) is 24.3 Å². The molecule has 2 nitrogen and oxygen atoms in total. The van der Waals surface area contributed by atoms with Crippen molar-refractivity contribution in [1.29, 1.82) is 0 Å². The van der Waals surface area contributed by atoms with Crippen LogP contribution in [0, 0.1) is 5.92 Å². The SMILES string of the molecule is COCC1CCN(c2ccc(CBr)cc2)CC1. The Bertz CT molecular complexity index is 331. The fourth-order valence-electron chi connectivity index (χ4n) is 2.39. The Morgan fingerprint density at radius 2 is 1.88 bits per heavy atom. The Morgan fingerprint density at radius 1 is 1.24 bits per heavy atom. The Hall–Kier alpha value is -0.540. The highest BCUT2D eigenvalue weighted by Gasteiger charge is 2.18. The Labute approximate surface area is 112 Å². The Morgan fingerprint density at radius 3 is 2.41 bits per heavy atom. The lowest BCUT2D eigenvalue weighted by Gasteiger charge is -2.33. The van der Waals surface area contributed by atoms with Gasteiger partial charge in [-0.05, 0) is 36.5 Å². The van der Waals surface area contributed by atoms with Crippen molar-refractivity contribution in [2.75, 3.05) is 31.7 Å². The fourth-order valence-corrected chi connectivity index (χ4v) is 2.76. The van der Waals surface area contributed by atoms with Gasteiger partial charge in [-0.1, -0.05) is 28.1 Å². The average molecular weight is 298 g/mol. The summed E-state index contributed by atoms with van der Waals surface area (Å²) in [7, 11) is 1.80. The van der Waals surface area contributed by atoms with Crippen LogP contribution in [-0.4, -0.2) is 26.8 Å². The molecule has 0 unspecified atom stereocenters. The number of alkyl halides is 1. The Kier molecular flexibility index (Phi) is 4.86. The van der Waals surface area contributed by atoms with Gasteiger partial charge in [-0.25, -0.2) is 0 Å². The summed E-state index contributed by atoms with van der Waals surface area (Å²) < 4.78 is 5.23. The summed E-state index contributed by atoms with van der Waals surface area (Å²) in [6, 6.07) is 8.86. The molecule has 0 saturated carbocycles. The minimum Gasteiger partial charge on any atom is -0.384 e. The van der Waals surface area contributed by atoms with Crippen molar-refractivity contribution in [3.63, 3.8) is 0 Å². The highest BCUT2D eigenvalue weighted by molar-refractivity contribution is 9.08. The normalized spacial score (nSPS) is 17.4. The minimum atomic E-state index is 0.748. The number of halogens is 1. The lowest BCUT2D eigenvalue weighted by Crippen LogP contribution is -2.34. The number of benzene rings is 1. The van der Waals surface area contributed by atoms with Crippen molar-refractivity contribution >= 4 is 21.6 Å². The summed E-state index contributed by atoms with van der Waals surface area (Å²) in [6.45, 7) is 3.22. The lowest BCUT2D eigenvalue weighted by molar-refractivity contribution is 0.139. The number of hydrogen-bond donors (Lipinski definition) is 0. The maximum absolute atomic E-state index is 5.23. The first-order chi connectivity index (χ1) is 8.33. The van der Waals surface area contributed by atoms with Gasteiger partial charge in [0.15, 0.2) is 0 Å². The lowest BCUT2D eigenvalue weighted by atomic mass is 9.97. The van der Waals surface area contributed by atoms with E-state index in [0.29, 0.717) is 0 Å². The summed E-state index contributed by atoms with van der Waals surface area (Å²) >= 11 is 3.48. The molecule has 1 aliphatic heterocycles. The van der Waals surface area contributed by atoms with Gasteiger partial charge in [0.25, 0.3) is 0 Å². The number of nitrogens with zero attached hydrogens (tertiary/aromatic N) is 1. The van der Waals surface area contributed by atoms with E-state index < -0.39 is 0 Å². The number of piperidine rings is 1. The minimum absolute atomic E-state index is 0.748. The molecule has 0 amide bonds. The van der Waals surface area contributed by atoms with Crippen LogP contribution in [0.2, 0.25) is 0 Å². The third-order valence-electron chi connectivity index (χ3n) is 3.47. The molecule has 1 saturated heterocycles. The van der Waals surface area contributed by atoms with Gasteiger partial charge in [-0.2, -0.15) is 0 Å². The van der Waals surface area contributed by atoms with Crippen LogP contribution in [0.4, 0.5) is 5.69 Å². The number of rotatable bonds is 4. The molecule has 0 N–H and O–H groups in total. The molecular formula is C14H20BrNO. The molecule has 1 aromatic rings. The zero-order valence-corrected chi connectivity index (χ0v) is 11.9. The zero-order valence-electron chi connectivity index (χ0n) is 10.4. The molecule has 0 atom stereocenters. The van der Waals surface area contributed by atoms with Crippen LogP contribution >= 0.6 is 15.9 Å². The maximum atomic E-state index is 5.23. The molecule has 1 aliphatic rings. The van der Waals surface area contributed by atoms with E-state index in [0.717, 1.165) is 30.9 Å². The van der Waals surface area contributed by atoms with E-state index in [1.54, 1.807) is 7.11 Å². The highest BCUT2D eigenvalue weighted by atomic mass is 79.9. The molecule has 2 rings (SSSR count). The third-order valence-corrected chi connectivity index (χ3v) is 4.12. The monoisotopic (exact) mass is 297 g/mol. The smallest absolute Gasteiger partial charge is 0.0491 e. The topological polar surface area (TPSA) is 12.5 Å². The largest absolute Gasteiger partial charge is 0.384 e. The second-order valence-electron chi connectivity index (χ2n) is 4.69. The maximum Gasteiger partial charge on any atom is 0.0491 e. The van der Waals surface area contributed by atoms with Crippen molar-refractivity contribution < 1.29 is 4.74 Å². The Balaban J connectivity index is 1.91. The van der Waals surface area contributed by atoms with Crippen molar-refractivity contribution in [2.24, 2.45) is 5.92 Å². The first-order valence-electron chi connectivity index (χ1n) is 6.22. The number of ether oxygens (including phenoxy) is 1.